The standard InChI is InChI=1S/C16H25BrN4/c1-9(2)6-13-14(17)15(18)20-16(19-13)10-7-11-4-5-12(8-10)21(11)3/h9-12H,4-8H2,1-3H3,(H2,18,19,20). The smallest absolute Gasteiger partial charge is 0.141 e. The Bertz CT molecular complexity index is 517. The van der Waals surface area contributed by atoms with E-state index in [1.807, 2.05) is 0 Å². The molecule has 5 heteroatoms. The third kappa shape index (κ3) is 2.95. The first-order valence-electron chi connectivity index (χ1n) is 7.99. The molecule has 3 rings (SSSR count). The van der Waals surface area contributed by atoms with E-state index in [9.17, 15) is 0 Å². The van der Waals surface area contributed by atoms with Crippen LogP contribution in [0, 0.1) is 5.92 Å². The number of hydrogen-bond acceptors (Lipinski definition) is 4. The Kier molecular flexibility index (Phi) is 4.23. The highest BCUT2D eigenvalue weighted by atomic mass is 79.9. The molecule has 3 heterocycles. The molecular weight excluding hydrogens is 328 g/mol. The summed E-state index contributed by atoms with van der Waals surface area (Å²) < 4.78 is 0.885. The van der Waals surface area contributed by atoms with Crippen molar-refractivity contribution in [2.75, 3.05) is 12.8 Å². The average Bonchev–Trinajstić information content (AvgIpc) is 2.64. The fraction of sp³-hybridized carbons (Fsp3) is 0.750. The second kappa shape index (κ2) is 5.84. The Hall–Kier alpha value is -0.680. The molecule has 0 aromatic carbocycles. The van der Waals surface area contributed by atoms with Crippen LogP contribution in [0.3, 0.4) is 0 Å². The van der Waals surface area contributed by atoms with Gasteiger partial charge in [0.1, 0.15) is 11.6 Å². The molecule has 1 aromatic heterocycles. The number of hydrogen-bond donors (Lipinski definition) is 1. The molecule has 0 radical (unpaired) electrons. The number of aromatic nitrogens is 2. The lowest BCUT2D eigenvalue weighted by Gasteiger charge is -2.35. The fourth-order valence-corrected chi connectivity index (χ4v) is 4.20. The predicted molar refractivity (Wildman–Crippen MR) is 89.2 cm³/mol. The summed E-state index contributed by atoms with van der Waals surface area (Å²) >= 11 is 3.55. The van der Waals surface area contributed by atoms with Gasteiger partial charge in [0.15, 0.2) is 0 Å². The van der Waals surface area contributed by atoms with Gasteiger partial charge in [0.2, 0.25) is 0 Å². The van der Waals surface area contributed by atoms with E-state index in [1.165, 1.54) is 25.7 Å². The van der Waals surface area contributed by atoms with Crippen molar-refractivity contribution in [1.82, 2.24) is 14.9 Å². The number of nitrogen functional groups attached to an aromatic ring is 1. The zero-order valence-corrected chi connectivity index (χ0v) is 14.7. The van der Waals surface area contributed by atoms with Crippen molar-refractivity contribution < 1.29 is 0 Å². The van der Waals surface area contributed by atoms with Crippen molar-refractivity contribution in [1.29, 1.82) is 0 Å². The second-order valence-corrected chi connectivity index (χ2v) is 7.84. The molecule has 2 atom stereocenters. The predicted octanol–water partition coefficient (Wildman–Crippen LogP) is 3.36. The summed E-state index contributed by atoms with van der Waals surface area (Å²) in [6.07, 6.45) is 5.94. The van der Waals surface area contributed by atoms with Gasteiger partial charge < -0.3 is 10.6 Å². The van der Waals surface area contributed by atoms with Gasteiger partial charge in [0.05, 0.1) is 10.2 Å². The minimum absolute atomic E-state index is 0.472. The largest absolute Gasteiger partial charge is 0.383 e. The van der Waals surface area contributed by atoms with Crippen LogP contribution in [0.25, 0.3) is 0 Å². The van der Waals surface area contributed by atoms with Gasteiger partial charge in [-0.1, -0.05) is 13.8 Å². The SMILES string of the molecule is CC(C)Cc1nc(C2CC3CCC(C2)N3C)nc(N)c1Br. The van der Waals surface area contributed by atoms with Crippen LogP contribution in [-0.2, 0) is 6.42 Å². The van der Waals surface area contributed by atoms with Gasteiger partial charge in [-0.2, -0.15) is 0 Å². The van der Waals surface area contributed by atoms with Crippen molar-refractivity contribution in [3.05, 3.63) is 16.0 Å². The monoisotopic (exact) mass is 352 g/mol. The molecule has 21 heavy (non-hydrogen) atoms. The molecule has 2 fully saturated rings. The molecule has 2 N–H and O–H groups in total. The number of nitrogens with two attached hydrogens (primary N) is 1. The number of rotatable bonds is 3. The maximum Gasteiger partial charge on any atom is 0.141 e. The van der Waals surface area contributed by atoms with Crippen LogP contribution in [0.4, 0.5) is 5.82 Å². The van der Waals surface area contributed by atoms with Gasteiger partial charge in [-0.15, -0.1) is 0 Å². The van der Waals surface area contributed by atoms with Crippen LogP contribution in [0.2, 0.25) is 0 Å². The highest BCUT2D eigenvalue weighted by Crippen LogP contribution is 2.41. The molecule has 116 valence electrons. The number of anilines is 1. The van der Waals surface area contributed by atoms with Crippen molar-refractivity contribution in [3.8, 4) is 0 Å². The minimum Gasteiger partial charge on any atom is -0.383 e. The van der Waals surface area contributed by atoms with Gasteiger partial charge in [-0.05, 0) is 61.0 Å². The van der Waals surface area contributed by atoms with Crippen LogP contribution in [0.15, 0.2) is 4.47 Å². The molecule has 2 bridgehead atoms. The number of halogens is 1. The average molecular weight is 353 g/mol. The van der Waals surface area contributed by atoms with Gasteiger partial charge >= 0.3 is 0 Å². The molecular formula is C16H25BrN4. The van der Waals surface area contributed by atoms with E-state index in [0.29, 0.717) is 29.7 Å². The molecule has 2 aliphatic heterocycles. The third-order valence-electron chi connectivity index (χ3n) is 5.03. The lowest BCUT2D eigenvalue weighted by molar-refractivity contribution is 0.159. The highest BCUT2D eigenvalue weighted by molar-refractivity contribution is 9.10. The van der Waals surface area contributed by atoms with E-state index in [2.05, 4.69) is 46.7 Å². The second-order valence-electron chi connectivity index (χ2n) is 7.04. The molecule has 2 saturated heterocycles. The summed E-state index contributed by atoms with van der Waals surface area (Å²) in [7, 11) is 2.26. The quantitative estimate of drug-likeness (QED) is 0.905. The van der Waals surface area contributed by atoms with Crippen LogP contribution >= 0.6 is 15.9 Å². The molecule has 0 spiro atoms. The first kappa shape index (κ1) is 15.2. The summed E-state index contributed by atoms with van der Waals surface area (Å²) in [4.78, 5) is 12.0. The minimum atomic E-state index is 0.472. The van der Waals surface area contributed by atoms with Gasteiger partial charge in [-0.25, -0.2) is 9.97 Å². The van der Waals surface area contributed by atoms with Gasteiger partial charge in [-0.3, -0.25) is 0 Å². The Balaban J connectivity index is 1.87. The number of piperidine rings is 1. The number of fused-ring (bicyclic) bond motifs is 2. The topological polar surface area (TPSA) is 55.0 Å². The maximum atomic E-state index is 6.11. The van der Waals surface area contributed by atoms with Crippen molar-refractivity contribution in [2.45, 2.75) is 64.0 Å². The Morgan fingerprint density at radius 1 is 1.24 bits per heavy atom. The molecule has 2 aliphatic rings. The maximum absolute atomic E-state index is 6.11. The van der Waals surface area contributed by atoms with Crippen LogP contribution in [0.5, 0.6) is 0 Å². The molecule has 0 aliphatic carbocycles. The lowest BCUT2D eigenvalue weighted by Crippen LogP contribution is -2.39. The van der Waals surface area contributed by atoms with E-state index < -0.39 is 0 Å². The third-order valence-corrected chi connectivity index (χ3v) is 5.89. The van der Waals surface area contributed by atoms with Crippen LogP contribution < -0.4 is 5.73 Å². The molecule has 1 aromatic rings. The van der Waals surface area contributed by atoms with E-state index in [4.69, 9.17) is 10.7 Å². The van der Waals surface area contributed by atoms with Gasteiger partial charge in [0.25, 0.3) is 0 Å². The highest BCUT2D eigenvalue weighted by Gasteiger charge is 2.40. The molecule has 4 nitrogen and oxygen atoms in total. The fourth-order valence-electron chi connectivity index (χ4n) is 3.86. The summed E-state index contributed by atoms with van der Waals surface area (Å²) in [5, 5.41) is 0. The van der Waals surface area contributed by atoms with Gasteiger partial charge in [0, 0.05) is 18.0 Å². The van der Waals surface area contributed by atoms with Crippen molar-refractivity contribution in [3.63, 3.8) is 0 Å². The summed E-state index contributed by atoms with van der Waals surface area (Å²) in [5.41, 5.74) is 7.18. The first-order valence-corrected chi connectivity index (χ1v) is 8.78. The zero-order chi connectivity index (χ0) is 15.1. The van der Waals surface area contributed by atoms with Crippen LogP contribution in [-0.4, -0.2) is 34.0 Å². The van der Waals surface area contributed by atoms with E-state index in [1.54, 1.807) is 0 Å². The summed E-state index contributed by atoms with van der Waals surface area (Å²) in [6.45, 7) is 4.42. The van der Waals surface area contributed by atoms with Crippen molar-refractivity contribution >= 4 is 21.7 Å². The Morgan fingerprint density at radius 3 is 2.43 bits per heavy atom. The Morgan fingerprint density at radius 2 is 1.86 bits per heavy atom. The Labute approximate surface area is 135 Å². The molecule has 2 unspecified atom stereocenters. The summed E-state index contributed by atoms with van der Waals surface area (Å²) in [5.74, 6) is 2.61. The van der Waals surface area contributed by atoms with E-state index >= 15 is 0 Å². The van der Waals surface area contributed by atoms with Crippen molar-refractivity contribution in [2.24, 2.45) is 5.92 Å². The molecule has 0 amide bonds. The van der Waals surface area contributed by atoms with Crippen LogP contribution in [0.1, 0.15) is 57.0 Å². The zero-order valence-electron chi connectivity index (χ0n) is 13.1. The van der Waals surface area contributed by atoms with E-state index in [-0.39, 0.29) is 0 Å². The molecule has 0 saturated carbocycles. The number of nitrogens with zero attached hydrogens (tertiary/aromatic N) is 3. The lowest BCUT2D eigenvalue weighted by atomic mass is 9.90. The van der Waals surface area contributed by atoms with E-state index in [0.717, 1.165) is 22.4 Å². The normalized spacial score (nSPS) is 29.3. The first-order chi connectivity index (χ1) is 9.95. The summed E-state index contributed by atoms with van der Waals surface area (Å²) in [6, 6.07) is 1.41.